The second kappa shape index (κ2) is 11.2. The third-order valence-electron chi connectivity index (χ3n) is 11.3. The van der Waals surface area contributed by atoms with Crippen LogP contribution >= 0.6 is 0 Å². The molecule has 0 spiro atoms. The van der Waals surface area contributed by atoms with Gasteiger partial charge in [0.2, 0.25) is 25.4 Å². The lowest BCUT2D eigenvalue weighted by Crippen LogP contribution is -2.45. The number of anilines is 1. The van der Waals surface area contributed by atoms with Crippen molar-refractivity contribution in [1.29, 1.82) is 0 Å². The van der Waals surface area contributed by atoms with Gasteiger partial charge < -0.3 is 23.7 Å². The Labute approximate surface area is 303 Å². The van der Waals surface area contributed by atoms with Gasteiger partial charge in [0.15, 0.2) is 28.8 Å². The second-order valence-corrected chi connectivity index (χ2v) is 13.6. The van der Waals surface area contributed by atoms with Gasteiger partial charge in [-0.05, 0) is 75.9 Å². The fourth-order valence-corrected chi connectivity index (χ4v) is 9.37. The van der Waals surface area contributed by atoms with Gasteiger partial charge in [-0.25, -0.2) is 9.69 Å². The predicted octanol–water partition coefficient (Wildman–Crippen LogP) is 6.12. The summed E-state index contributed by atoms with van der Waals surface area (Å²) in [5, 5.41) is 0. The van der Waals surface area contributed by atoms with E-state index in [4.69, 9.17) is 23.7 Å². The van der Waals surface area contributed by atoms with Gasteiger partial charge in [-0.1, -0.05) is 78.9 Å². The maximum Gasteiger partial charge on any atom is 0.337 e. The van der Waals surface area contributed by atoms with Crippen LogP contribution < -0.4 is 23.8 Å². The van der Waals surface area contributed by atoms with Crippen molar-refractivity contribution in [3.63, 3.8) is 0 Å². The second-order valence-electron chi connectivity index (χ2n) is 13.6. The van der Waals surface area contributed by atoms with Crippen LogP contribution in [0.15, 0.2) is 121 Å². The third kappa shape index (κ3) is 3.92. The average Bonchev–Trinajstić information content (AvgIpc) is 4.01. The molecule has 2 aliphatic carbocycles. The number of fused-ring (bicyclic) bond motifs is 7. The number of carbonyl (C=O) groups excluding carboxylic acids is 4. The van der Waals surface area contributed by atoms with E-state index in [1.165, 1.54) is 13.2 Å². The molecule has 2 fully saturated rings. The van der Waals surface area contributed by atoms with Gasteiger partial charge in [0.05, 0.1) is 41.0 Å². The molecule has 10 rings (SSSR count). The zero-order valence-electron chi connectivity index (χ0n) is 28.2. The van der Waals surface area contributed by atoms with Crippen molar-refractivity contribution < 1.29 is 42.9 Å². The van der Waals surface area contributed by atoms with E-state index in [1.807, 2.05) is 84.9 Å². The molecule has 1 saturated carbocycles. The number of benzene rings is 5. The molecule has 2 bridgehead atoms. The van der Waals surface area contributed by atoms with Crippen LogP contribution in [0.2, 0.25) is 0 Å². The average molecular weight is 704 g/mol. The van der Waals surface area contributed by atoms with Crippen LogP contribution in [-0.4, -0.2) is 44.3 Å². The number of imide groups is 1. The van der Waals surface area contributed by atoms with Gasteiger partial charge in [-0.2, -0.15) is 0 Å². The van der Waals surface area contributed by atoms with Crippen molar-refractivity contribution in [2.45, 2.75) is 10.8 Å². The molecule has 4 atom stereocenters. The normalized spacial score (nSPS) is 24.6. The summed E-state index contributed by atoms with van der Waals surface area (Å²) >= 11 is 0. The van der Waals surface area contributed by atoms with Crippen molar-refractivity contribution in [2.75, 3.05) is 25.6 Å². The van der Waals surface area contributed by atoms with Crippen LogP contribution in [0.1, 0.15) is 32.6 Å². The monoisotopic (exact) mass is 703 g/mol. The SMILES string of the molecule is COC(=O)c1cccc(N2C(=O)[C@H]3[C@H](C2=O)[C@@]2(c4ccccc4)C(=O)[C@@]3(c3ccccc3)C(c3ccc4c(c3)OCO4)=C2c2ccc3c(c2)OCO3)c1. The zero-order chi connectivity index (χ0) is 36.1. The summed E-state index contributed by atoms with van der Waals surface area (Å²) in [6.07, 6.45) is 0. The molecule has 3 heterocycles. The maximum absolute atomic E-state index is 16.2. The van der Waals surface area contributed by atoms with Crippen molar-refractivity contribution in [2.24, 2.45) is 11.8 Å². The topological polar surface area (TPSA) is 118 Å². The molecule has 0 aromatic heterocycles. The minimum Gasteiger partial charge on any atom is -0.465 e. The summed E-state index contributed by atoms with van der Waals surface area (Å²) in [5.41, 5.74) is 0.695. The van der Waals surface area contributed by atoms with Gasteiger partial charge in [0, 0.05) is 0 Å². The fraction of sp³-hybridized carbons (Fsp3) is 0.163. The Balaban J connectivity index is 1.34. The highest BCUT2D eigenvalue weighted by molar-refractivity contribution is 6.39. The van der Waals surface area contributed by atoms with Crippen molar-refractivity contribution >= 4 is 40.4 Å². The van der Waals surface area contributed by atoms with E-state index in [0.717, 1.165) is 4.90 Å². The van der Waals surface area contributed by atoms with Crippen LogP contribution in [-0.2, 0) is 30.0 Å². The molecule has 5 aromatic carbocycles. The summed E-state index contributed by atoms with van der Waals surface area (Å²) in [4.78, 5) is 60.7. The molecule has 0 unspecified atom stereocenters. The molecular formula is C43H29NO9. The number of ether oxygens (including phenoxy) is 5. The first-order valence-electron chi connectivity index (χ1n) is 17.2. The van der Waals surface area contributed by atoms with E-state index in [0.29, 0.717) is 56.4 Å². The lowest BCUT2D eigenvalue weighted by atomic mass is 9.59. The predicted molar refractivity (Wildman–Crippen MR) is 190 cm³/mol. The highest BCUT2D eigenvalue weighted by Gasteiger charge is 2.82. The quantitative estimate of drug-likeness (QED) is 0.152. The number of rotatable bonds is 6. The molecule has 10 heteroatoms. The van der Waals surface area contributed by atoms with Crippen LogP contribution in [0, 0.1) is 11.8 Å². The van der Waals surface area contributed by atoms with Crippen LogP contribution in [0.3, 0.4) is 0 Å². The Morgan fingerprint density at radius 3 is 1.58 bits per heavy atom. The minimum absolute atomic E-state index is 0.0425. The molecule has 10 nitrogen and oxygen atoms in total. The highest BCUT2D eigenvalue weighted by Crippen LogP contribution is 2.74. The van der Waals surface area contributed by atoms with Crippen LogP contribution in [0.5, 0.6) is 23.0 Å². The lowest BCUT2D eigenvalue weighted by Gasteiger charge is -2.39. The standard InChI is InChI=1S/C43H29NO9/c1-49-40(47)26-9-8-14-29(19-26)44-38(45)36-37(39(44)46)43(28-12-6-3-7-13-28)35(25-16-18-31-33(21-25)53-23-51-31)34(24-15-17-30-32(20-24)52-22-50-30)42(36,41(43)48)27-10-4-2-5-11-27/h2-21,36-37H,22-23H2,1H3/t36-,37-,42+,43+/m1/s1. The Hall–Kier alpha value is -6.68. The summed E-state index contributed by atoms with van der Waals surface area (Å²) in [7, 11) is 1.27. The molecule has 53 heavy (non-hydrogen) atoms. The van der Waals surface area contributed by atoms with E-state index in [-0.39, 0.29) is 30.6 Å². The largest absolute Gasteiger partial charge is 0.465 e. The number of amides is 2. The number of allylic oxidation sites excluding steroid dienone is 2. The number of methoxy groups -OCH3 is 1. The van der Waals surface area contributed by atoms with E-state index < -0.39 is 40.4 Å². The fourth-order valence-electron chi connectivity index (χ4n) is 9.37. The summed E-state index contributed by atoms with van der Waals surface area (Å²) < 4.78 is 28.1. The smallest absolute Gasteiger partial charge is 0.337 e. The molecule has 3 aliphatic heterocycles. The van der Waals surface area contributed by atoms with Gasteiger partial charge in [0.25, 0.3) is 0 Å². The number of Topliss-reactive ketones (excluding diaryl/α,β-unsaturated/α-hetero) is 1. The van der Waals surface area contributed by atoms with Gasteiger partial charge in [-0.15, -0.1) is 0 Å². The number of nitrogens with zero attached hydrogens (tertiary/aromatic N) is 1. The van der Waals surface area contributed by atoms with E-state index in [1.54, 1.807) is 30.3 Å². The van der Waals surface area contributed by atoms with Crippen molar-refractivity contribution in [3.8, 4) is 23.0 Å². The summed E-state index contributed by atoms with van der Waals surface area (Å²) in [6, 6.07) is 35.7. The number of esters is 1. The summed E-state index contributed by atoms with van der Waals surface area (Å²) in [6.45, 7) is 0.0850. The molecule has 0 N–H and O–H groups in total. The number of ketones is 1. The Morgan fingerprint density at radius 2 is 1.09 bits per heavy atom. The molecule has 0 radical (unpaired) electrons. The molecule has 2 amide bonds. The highest BCUT2D eigenvalue weighted by atomic mass is 16.7. The summed E-state index contributed by atoms with van der Waals surface area (Å²) in [5.74, 6) is -2.18. The minimum atomic E-state index is -1.65. The first kappa shape index (κ1) is 31.1. The van der Waals surface area contributed by atoms with E-state index >= 15 is 14.4 Å². The zero-order valence-corrected chi connectivity index (χ0v) is 28.2. The molecule has 5 aliphatic rings. The van der Waals surface area contributed by atoms with E-state index in [9.17, 15) is 4.79 Å². The maximum atomic E-state index is 16.2. The molecular weight excluding hydrogens is 674 g/mol. The van der Waals surface area contributed by atoms with Crippen molar-refractivity contribution in [1.82, 2.24) is 0 Å². The van der Waals surface area contributed by atoms with E-state index in [2.05, 4.69) is 0 Å². The Morgan fingerprint density at radius 1 is 0.604 bits per heavy atom. The Kier molecular flexibility index (Phi) is 6.54. The first-order valence-corrected chi connectivity index (χ1v) is 17.2. The van der Waals surface area contributed by atoms with Gasteiger partial charge in [0.1, 0.15) is 0 Å². The van der Waals surface area contributed by atoms with Crippen molar-refractivity contribution in [3.05, 3.63) is 149 Å². The number of carbonyl (C=O) groups is 4. The lowest BCUT2D eigenvalue weighted by molar-refractivity contribution is -0.130. The molecule has 260 valence electrons. The van der Waals surface area contributed by atoms with Crippen LogP contribution in [0.25, 0.3) is 11.1 Å². The van der Waals surface area contributed by atoms with Gasteiger partial charge in [-0.3, -0.25) is 14.4 Å². The first-order chi connectivity index (χ1) is 25.9. The number of hydrogen-bond donors (Lipinski definition) is 0. The van der Waals surface area contributed by atoms with Crippen LogP contribution in [0.4, 0.5) is 5.69 Å². The molecule has 5 aromatic rings. The Bertz CT molecular complexity index is 2320. The van der Waals surface area contributed by atoms with Gasteiger partial charge >= 0.3 is 5.97 Å². The third-order valence-corrected chi connectivity index (χ3v) is 11.3. The number of hydrogen-bond acceptors (Lipinski definition) is 9. The molecule has 1 saturated heterocycles.